The monoisotopic (exact) mass is 418 g/mol. The molecule has 0 fully saturated rings. The van der Waals surface area contributed by atoms with Gasteiger partial charge in [-0.25, -0.2) is 28.1 Å². The first-order valence-corrected chi connectivity index (χ1v) is 9.32. The van der Waals surface area contributed by atoms with Gasteiger partial charge in [0.2, 0.25) is 0 Å². The van der Waals surface area contributed by atoms with E-state index in [4.69, 9.17) is 0 Å². The van der Waals surface area contributed by atoms with Crippen LogP contribution in [0.25, 0.3) is 11.2 Å². The normalized spacial score (nSPS) is 11.2. The maximum absolute atomic E-state index is 15.0. The van der Waals surface area contributed by atoms with Gasteiger partial charge in [0.25, 0.3) is 5.56 Å². The number of hydrogen-bond donors (Lipinski definition) is 1. The second kappa shape index (κ2) is 7.61. The Morgan fingerprint density at radius 3 is 2.23 bits per heavy atom. The number of nitrogens with zero attached hydrogens (tertiary/aromatic N) is 3. The molecule has 0 saturated heterocycles. The van der Waals surface area contributed by atoms with Crippen LogP contribution in [0.5, 0.6) is 0 Å². The van der Waals surface area contributed by atoms with Crippen LogP contribution >= 0.6 is 0 Å². The van der Waals surface area contributed by atoms with E-state index in [0.29, 0.717) is 5.56 Å². The summed E-state index contributed by atoms with van der Waals surface area (Å²) in [6.07, 6.45) is 2.61. The van der Waals surface area contributed by atoms with Crippen LogP contribution in [0.1, 0.15) is 30.5 Å². The summed E-state index contributed by atoms with van der Waals surface area (Å²) in [5, 5.41) is 0. The summed E-state index contributed by atoms with van der Waals surface area (Å²) in [5.74, 6) is 3.71. The van der Waals surface area contributed by atoms with Crippen LogP contribution in [0.3, 0.4) is 0 Å². The molecule has 0 aliphatic rings. The molecule has 0 atom stereocenters. The molecule has 4 rings (SSSR count). The number of aromatic amines is 1. The highest BCUT2D eigenvalue weighted by atomic mass is 19.1. The second-order valence-electron chi connectivity index (χ2n) is 7.31. The average Bonchev–Trinajstić information content (AvgIpc) is 2.72. The predicted octanol–water partition coefficient (Wildman–Crippen LogP) is 2.94. The molecule has 2 aromatic heterocycles. The van der Waals surface area contributed by atoms with Crippen LogP contribution in [0.2, 0.25) is 0 Å². The molecule has 0 aliphatic heterocycles. The van der Waals surface area contributed by atoms with Crippen molar-refractivity contribution in [2.75, 3.05) is 0 Å². The lowest BCUT2D eigenvalue weighted by molar-refractivity contribution is 0.366. The average molecular weight is 418 g/mol. The van der Waals surface area contributed by atoms with E-state index in [9.17, 15) is 9.59 Å². The van der Waals surface area contributed by atoms with E-state index < -0.39 is 34.0 Å². The summed E-state index contributed by atoms with van der Waals surface area (Å²) in [7, 11) is 0. The summed E-state index contributed by atoms with van der Waals surface area (Å²) >= 11 is 0. The topological polar surface area (TPSA) is 80.6 Å². The lowest BCUT2D eigenvalue weighted by atomic mass is 9.91. The standard InChI is InChI=1S/C23H16F2N4O2/c1-23(2,29-21(30)19-20(28-22(29)31)27-11-10-26-19)18-16(24)12-15(13-17(18)25)9-8-14-6-4-3-5-7-14/h3-7,10-13H,1-2H3,(H,27,28,31). The third-order valence-electron chi connectivity index (χ3n) is 4.87. The number of halogens is 2. The highest BCUT2D eigenvalue weighted by Crippen LogP contribution is 2.29. The fraction of sp³-hybridized carbons (Fsp3) is 0.130. The maximum atomic E-state index is 15.0. The molecule has 2 aromatic carbocycles. The zero-order chi connectivity index (χ0) is 22.2. The minimum Gasteiger partial charge on any atom is -0.290 e. The highest BCUT2D eigenvalue weighted by Gasteiger charge is 2.33. The summed E-state index contributed by atoms with van der Waals surface area (Å²) in [5.41, 5.74) is -3.03. The lowest BCUT2D eigenvalue weighted by Gasteiger charge is -2.28. The van der Waals surface area contributed by atoms with Gasteiger partial charge < -0.3 is 0 Å². The zero-order valence-electron chi connectivity index (χ0n) is 16.6. The number of nitrogens with one attached hydrogen (secondary N) is 1. The minimum absolute atomic E-state index is 0.00275. The number of benzene rings is 2. The van der Waals surface area contributed by atoms with Crippen molar-refractivity contribution in [2.45, 2.75) is 19.4 Å². The molecule has 0 unspecified atom stereocenters. The van der Waals surface area contributed by atoms with E-state index in [-0.39, 0.29) is 16.7 Å². The second-order valence-corrected chi connectivity index (χ2v) is 7.31. The molecule has 31 heavy (non-hydrogen) atoms. The Balaban J connectivity index is 1.85. The van der Waals surface area contributed by atoms with Crippen molar-refractivity contribution in [3.63, 3.8) is 0 Å². The van der Waals surface area contributed by atoms with Gasteiger partial charge in [-0.05, 0) is 38.1 Å². The molecule has 1 N–H and O–H groups in total. The molecule has 0 spiro atoms. The zero-order valence-corrected chi connectivity index (χ0v) is 16.6. The van der Waals surface area contributed by atoms with E-state index in [2.05, 4.69) is 26.8 Å². The summed E-state index contributed by atoms with van der Waals surface area (Å²) in [6.45, 7) is 2.76. The Labute approximate surface area is 175 Å². The maximum Gasteiger partial charge on any atom is 0.330 e. The number of H-pyrrole nitrogens is 1. The number of fused-ring (bicyclic) bond motifs is 1. The lowest BCUT2D eigenvalue weighted by Crippen LogP contribution is -2.48. The first-order valence-electron chi connectivity index (χ1n) is 9.32. The fourth-order valence-corrected chi connectivity index (χ4v) is 3.46. The van der Waals surface area contributed by atoms with Gasteiger partial charge in [-0.2, -0.15) is 0 Å². The fourth-order valence-electron chi connectivity index (χ4n) is 3.46. The Morgan fingerprint density at radius 2 is 1.55 bits per heavy atom. The molecular weight excluding hydrogens is 402 g/mol. The van der Waals surface area contributed by atoms with E-state index in [1.54, 1.807) is 24.3 Å². The highest BCUT2D eigenvalue weighted by molar-refractivity contribution is 5.67. The van der Waals surface area contributed by atoms with Gasteiger partial charge in [-0.15, -0.1) is 0 Å². The number of aromatic nitrogens is 4. The van der Waals surface area contributed by atoms with Crippen molar-refractivity contribution in [3.05, 3.63) is 104 Å². The van der Waals surface area contributed by atoms with Gasteiger partial charge in [0, 0.05) is 29.1 Å². The molecule has 4 aromatic rings. The van der Waals surface area contributed by atoms with Gasteiger partial charge >= 0.3 is 5.69 Å². The quantitative estimate of drug-likeness (QED) is 0.508. The van der Waals surface area contributed by atoms with Crippen LogP contribution in [-0.4, -0.2) is 19.5 Å². The molecule has 0 radical (unpaired) electrons. The summed E-state index contributed by atoms with van der Waals surface area (Å²) in [6, 6.07) is 11.2. The summed E-state index contributed by atoms with van der Waals surface area (Å²) in [4.78, 5) is 35.7. The van der Waals surface area contributed by atoms with Crippen LogP contribution in [0, 0.1) is 23.5 Å². The molecule has 154 valence electrons. The molecule has 0 amide bonds. The van der Waals surface area contributed by atoms with Crippen LogP contribution in [-0.2, 0) is 5.54 Å². The first-order chi connectivity index (χ1) is 14.8. The third kappa shape index (κ3) is 3.62. The van der Waals surface area contributed by atoms with E-state index >= 15 is 8.78 Å². The summed E-state index contributed by atoms with van der Waals surface area (Å²) < 4.78 is 30.8. The Morgan fingerprint density at radius 1 is 0.935 bits per heavy atom. The minimum atomic E-state index is -1.66. The van der Waals surface area contributed by atoms with Crippen molar-refractivity contribution in [3.8, 4) is 11.8 Å². The molecule has 0 bridgehead atoms. The van der Waals surface area contributed by atoms with Gasteiger partial charge in [0.05, 0.1) is 5.54 Å². The van der Waals surface area contributed by atoms with Crippen molar-refractivity contribution < 1.29 is 8.78 Å². The predicted molar refractivity (Wildman–Crippen MR) is 112 cm³/mol. The van der Waals surface area contributed by atoms with E-state index in [1.807, 2.05) is 6.07 Å². The van der Waals surface area contributed by atoms with Gasteiger partial charge in [0.15, 0.2) is 11.2 Å². The van der Waals surface area contributed by atoms with Crippen LogP contribution in [0.4, 0.5) is 8.78 Å². The van der Waals surface area contributed by atoms with Crippen molar-refractivity contribution >= 4 is 11.2 Å². The Hall–Kier alpha value is -4.12. The van der Waals surface area contributed by atoms with Crippen LogP contribution in [0.15, 0.2) is 64.4 Å². The van der Waals surface area contributed by atoms with E-state index in [1.165, 1.54) is 26.2 Å². The number of rotatable bonds is 2. The van der Waals surface area contributed by atoms with Gasteiger partial charge in [-0.3, -0.25) is 9.78 Å². The molecule has 2 heterocycles. The van der Waals surface area contributed by atoms with Gasteiger partial charge in [0.1, 0.15) is 11.6 Å². The number of hydrogen-bond acceptors (Lipinski definition) is 4. The SMILES string of the molecule is CC(C)(c1c(F)cc(C#Cc2ccccc2)cc1F)n1c(=O)[nH]c2nccnc2c1=O. The van der Waals surface area contributed by atoms with E-state index in [0.717, 1.165) is 16.7 Å². The molecule has 0 saturated carbocycles. The first kappa shape index (κ1) is 20.2. The largest absolute Gasteiger partial charge is 0.330 e. The van der Waals surface area contributed by atoms with Crippen molar-refractivity contribution in [1.29, 1.82) is 0 Å². The molecule has 0 aliphatic carbocycles. The van der Waals surface area contributed by atoms with Gasteiger partial charge in [-0.1, -0.05) is 30.0 Å². The molecule has 6 nitrogen and oxygen atoms in total. The smallest absolute Gasteiger partial charge is 0.290 e. The Bertz CT molecular complexity index is 1460. The molecule has 8 heteroatoms. The van der Waals surface area contributed by atoms with Crippen molar-refractivity contribution in [1.82, 2.24) is 19.5 Å². The van der Waals surface area contributed by atoms with Crippen molar-refractivity contribution in [2.24, 2.45) is 0 Å². The molecular formula is C23H16F2N4O2. The Kier molecular flexibility index (Phi) is 4.95. The van der Waals surface area contributed by atoms with Crippen LogP contribution < -0.4 is 11.2 Å². The third-order valence-corrected chi connectivity index (χ3v) is 4.87.